The number of thioether (sulfide) groups is 1. The summed E-state index contributed by atoms with van der Waals surface area (Å²) >= 11 is 12.7. The predicted octanol–water partition coefficient (Wildman–Crippen LogP) is 2.27. The summed E-state index contributed by atoms with van der Waals surface area (Å²) < 4.78 is 0. The molecule has 1 aromatic heterocycles. The van der Waals surface area contributed by atoms with Crippen LogP contribution in [0.4, 0.5) is 5.69 Å². The number of hydrogen-bond donors (Lipinski definition) is 3. The second kappa shape index (κ2) is 7.67. The van der Waals surface area contributed by atoms with Crippen molar-refractivity contribution in [3.05, 3.63) is 49.1 Å². The van der Waals surface area contributed by atoms with Crippen molar-refractivity contribution in [2.24, 2.45) is 0 Å². The molecular weight excluding hydrogens is 363 g/mol. The van der Waals surface area contributed by atoms with E-state index in [9.17, 15) is 14.4 Å². The van der Waals surface area contributed by atoms with Crippen molar-refractivity contribution in [3.63, 3.8) is 0 Å². The standard InChI is InChI=1S/C13H12Cl2N4O3S/c1-2-9(23-12-11(21)17-13(22)19-18-12)10(20)16-6-3-4-7(14)8(15)5-6/h3-5,9H,2H2,1H3,(H,16,20)(H2,17,19,21,22). The van der Waals surface area contributed by atoms with Gasteiger partial charge in [-0.2, -0.15) is 5.10 Å². The van der Waals surface area contributed by atoms with E-state index in [2.05, 4.69) is 20.5 Å². The van der Waals surface area contributed by atoms with Crippen LogP contribution in [0.15, 0.2) is 32.8 Å². The minimum Gasteiger partial charge on any atom is -0.325 e. The molecule has 0 saturated carbocycles. The predicted molar refractivity (Wildman–Crippen MR) is 90.5 cm³/mol. The summed E-state index contributed by atoms with van der Waals surface area (Å²) in [7, 11) is 0. The molecule has 1 unspecified atom stereocenters. The molecule has 1 amide bonds. The number of carbonyl (C=O) groups is 1. The number of nitrogens with zero attached hydrogens (tertiary/aromatic N) is 1. The molecule has 3 N–H and O–H groups in total. The highest BCUT2D eigenvalue weighted by Gasteiger charge is 2.21. The maximum Gasteiger partial charge on any atom is 0.342 e. The van der Waals surface area contributed by atoms with Crippen LogP contribution in [-0.2, 0) is 4.79 Å². The van der Waals surface area contributed by atoms with Crippen molar-refractivity contribution in [2.45, 2.75) is 23.6 Å². The Bertz CT molecular complexity index is 836. The average molecular weight is 375 g/mol. The number of halogens is 2. The van der Waals surface area contributed by atoms with Crippen LogP contribution in [0, 0.1) is 0 Å². The molecule has 1 aromatic carbocycles. The largest absolute Gasteiger partial charge is 0.342 e. The number of amides is 1. The van der Waals surface area contributed by atoms with Gasteiger partial charge in [0.05, 0.1) is 15.3 Å². The fraction of sp³-hybridized carbons (Fsp3) is 0.231. The molecule has 1 heterocycles. The molecule has 0 bridgehead atoms. The average Bonchev–Trinajstić information content (AvgIpc) is 2.50. The number of H-pyrrole nitrogens is 2. The van der Waals surface area contributed by atoms with E-state index in [-0.39, 0.29) is 10.9 Å². The second-order valence-corrected chi connectivity index (χ2v) is 6.45. The summed E-state index contributed by atoms with van der Waals surface area (Å²) in [5, 5.41) is 8.62. The lowest BCUT2D eigenvalue weighted by Crippen LogP contribution is -2.29. The zero-order chi connectivity index (χ0) is 17.0. The monoisotopic (exact) mass is 374 g/mol. The molecule has 0 spiro atoms. The molecule has 0 aliphatic rings. The zero-order valence-electron chi connectivity index (χ0n) is 11.9. The summed E-state index contributed by atoms with van der Waals surface area (Å²) in [5.74, 6) is -0.316. The molecule has 2 rings (SSSR count). The molecule has 122 valence electrons. The number of rotatable bonds is 5. The number of hydrogen-bond acceptors (Lipinski definition) is 5. The van der Waals surface area contributed by atoms with Gasteiger partial charge in [-0.05, 0) is 24.6 Å². The van der Waals surface area contributed by atoms with E-state index < -0.39 is 16.5 Å². The van der Waals surface area contributed by atoms with Gasteiger partial charge < -0.3 is 5.32 Å². The van der Waals surface area contributed by atoms with Crippen LogP contribution in [0.3, 0.4) is 0 Å². The van der Waals surface area contributed by atoms with Crippen LogP contribution < -0.4 is 16.6 Å². The normalized spacial score (nSPS) is 12.0. The van der Waals surface area contributed by atoms with Gasteiger partial charge in [-0.25, -0.2) is 9.89 Å². The molecule has 23 heavy (non-hydrogen) atoms. The molecule has 0 aliphatic carbocycles. The summed E-state index contributed by atoms with van der Waals surface area (Å²) in [6, 6.07) is 4.72. The number of nitrogens with one attached hydrogen (secondary N) is 3. The van der Waals surface area contributed by atoms with E-state index in [1.165, 1.54) is 6.07 Å². The van der Waals surface area contributed by atoms with Gasteiger partial charge in [0.1, 0.15) is 0 Å². The quantitative estimate of drug-likeness (QED) is 0.695. The van der Waals surface area contributed by atoms with Gasteiger partial charge in [0, 0.05) is 5.69 Å². The molecule has 2 aromatic rings. The minimum absolute atomic E-state index is 0.0146. The van der Waals surface area contributed by atoms with Crippen molar-refractivity contribution in [1.29, 1.82) is 0 Å². The summed E-state index contributed by atoms with van der Waals surface area (Å²) in [6.07, 6.45) is 0.456. The van der Waals surface area contributed by atoms with Crippen molar-refractivity contribution < 1.29 is 4.79 Å². The van der Waals surface area contributed by atoms with Crippen molar-refractivity contribution in [3.8, 4) is 0 Å². The Morgan fingerprint density at radius 3 is 2.70 bits per heavy atom. The zero-order valence-corrected chi connectivity index (χ0v) is 14.2. The highest BCUT2D eigenvalue weighted by atomic mass is 35.5. The van der Waals surface area contributed by atoms with E-state index in [0.717, 1.165) is 11.8 Å². The van der Waals surface area contributed by atoms with Gasteiger partial charge >= 0.3 is 5.69 Å². The lowest BCUT2D eigenvalue weighted by Gasteiger charge is -2.14. The van der Waals surface area contributed by atoms with Gasteiger partial charge in [0.2, 0.25) is 5.91 Å². The molecular formula is C13H12Cl2N4O3S. The van der Waals surface area contributed by atoms with Crippen molar-refractivity contribution >= 4 is 46.6 Å². The Morgan fingerprint density at radius 1 is 1.35 bits per heavy atom. The first kappa shape index (κ1) is 17.6. The maximum atomic E-state index is 12.3. The fourth-order valence-corrected chi connectivity index (χ4v) is 2.83. The molecule has 1 atom stereocenters. The summed E-state index contributed by atoms with van der Waals surface area (Å²) in [5.41, 5.74) is -0.848. The Morgan fingerprint density at radius 2 is 2.09 bits per heavy atom. The Labute approximate surface area is 144 Å². The Hall–Kier alpha value is -1.77. The van der Waals surface area contributed by atoms with E-state index >= 15 is 0 Å². The maximum absolute atomic E-state index is 12.3. The molecule has 0 fully saturated rings. The van der Waals surface area contributed by atoms with Crippen LogP contribution in [-0.4, -0.2) is 26.3 Å². The minimum atomic E-state index is -0.701. The topological polar surface area (TPSA) is 108 Å². The van der Waals surface area contributed by atoms with E-state index in [1.54, 1.807) is 19.1 Å². The Balaban J connectivity index is 2.13. The first-order valence-electron chi connectivity index (χ1n) is 6.52. The third kappa shape index (κ3) is 4.60. The number of benzene rings is 1. The van der Waals surface area contributed by atoms with E-state index in [0.29, 0.717) is 22.2 Å². The van der Waals surface area contributed by atoms with Gasteiger partial charge in [-0.3, -0.25) is 14.6 Å². The first-order valence-corrected chi connectivity index (χ1v) is 8.16. The SMILES string of the molecule is CCC(Sc1n[nH]c(=O)[nH]c1=O)C(=O)Nc1ccc(Cl)c(Cl)c1. The van der Waals surface area contributed by atoms with Crippen molar-refractivity contribution in [2.75, 3.05) is 5.32 Å². The molecule has 0 aliphatic heterocycles. The van der Waals surface area contributed by atoms with Crippen LogP contribution in [0.2, 0.25) is 10.0 Å². The lowest BCUT2D eigenvalue weighted by atomic mass is 10.2. The van der Waals surface area contributed by atoms with Crippen molar-refractivity contribution in [1.82, 2.24) is 15.2 Å². The third-order valence-corrected chi connectivity index (χ3v) is 4.86. The number of anilines is 1. The van der Waals surface area contributed by atoms with Gasteiger partial charge in [0.15, 0.2) is 5.03 Å². The summed E-state index contributed by atoms with van der Waals surface area (Å²) in [6.45, 7) is 1.80. The Kier molecular flexibility index (Phi) is 5.86. The number of aromatic amines is 2. The molecule has 7 nitrogen and oxygen atoms in total. The van der Waals surface area contributed by atoms with Gasteiger partial charge in [-0.15, -0.1) is 0 Å². The smallest absolute Gasteiger partial charge is 0.325 e. The molecule has 10 heteroatoms. The van der Waals surface area contributed by atoms with Gasteiger partial charge in [-0.1, -0.05) is 41.9 Å². The van der Waals surface area contributed by atoms with Crippen LogP contribution in [0.25, 0.3) is 0 Å². The van der Waals surface area contributed by atoms with Crippen LogP contribution in [0.5, 0.6) is 0 Å². The number of carbonyl (C=O) groups excluding carboxylic acids is 1. The van der Waals surface area contributed by atoms with E-state index in [4.69, 9.17) is 23.2 Å². The van der Waals surface area contributed by atoms with Gasteiger partial charge in [0.25, 0.3) is 5.56 Å². The lowest BCUT2D eigenvalue weighted by molar-refractivity contribution is -0.115. The van der Waals surface area contributed by atoms with Crippen LogP contribution in [0.1, 0.15) is 13.3 Å². The van der Waals surface area contributed by atoms with Crippen LogP contribution >= 0.6 is 35.0 Å². The third-order valence-electron chi connectivity index (χ3n) is 2.78. The highest BCUT2D eigenvalue weighted by Crippen LogP contribution is 2.26. The fourth-order valence-electron chi connectivity index (χ4n) is 1.67. The highest BCUT2D eigenvalue weighted by molar-refractivity contribution is 8.00. The second-order valence-electron chi connectivity index (χ2n) is 4.44. The summed E-state index contributed by atoms with van der Waals surface area (Å²) in [4.78, 5) is 36.9. The molecule has 0 saturated heterocycles. The number of aromatic nitrogens is 3. The van der Waals surface area contributed by atoms with E-state index in [1.807, 2.05) is 0 Å². The molecule has 0 radical (unpaired) electrons. The first-order chi connectivity index (χ1) is 10.9.